The van der Waals surface area contributed by atoms with Crippen molar-refractivity contribution in [1.82, 2.24) is 4.98 Å². The quantitative estimate of drug-likeness (QED) is 0.562. The van der Waals surface area contributed by atoms with Crippen LogP contribution in [0.1, 0.15) is 12.1 Å². The van der Waals surface area contributed by atoms with Crippen LogP contribution in [0.25, 0.3) is 0 Å². The maximum Gasteiger partial charge on any atom is 0.280 e. The summed E-state index contributed by atoms with van der Waals surface area (Å²) in [5.41, 5.74) is -0.225. The van der Waals surface area contributed by atoms with Crippen LogP contribution in [-0.2, 0) is 0 Å². The summed E-state index contributed by atoms with van der Waals surface area (Å²) in [7, 11) is 0. The summed E-state index contributed by atoms with van der Waals surface area (Å²) in [6.45, 7) is 0. The van der Waals surface area contributed by atoms with Crippen LogP contribution in [0.2, 0.25) is 0 Å². The zero-order chi connectivity index (χ0) is 6.69. The van der Waals surface area contributed by atoms with Gasteiger partial charge < -0.3 is 0 Å². The molecule has 0 aromatic carbocycles. The van der Waals surface area contributed by atoms with Gasteiger partial charge >= 0.3 is 0 Å². The number of aromatic nitrogens is 1. The normalized spacial score (nSPS) is 10.1. The summed E-state index contributed by atoms with van der Waals surface area (Å²) in [4.78, 5) is 3.30. The lowest BCUT2D eigenvalue weighted by Gasteiger charge is -1.92. The highest BCUT2D eigenvalue weighted by Crippen LogP contribution is 2.13. The van der Waals surface area contributed by atoms with Gasteiger partial charge in [-0.2, -0.15) is 0 Å². The molecule has 1 nitrogen and oxygen atoms in total. The molecule has 1 aromatic rings. The molecule has 9 heavy (non-hydrogen) atoms. The summed E-state index contributed by atoms with van der Waals surface area (Å²) >= 11 is 0. The van der Waals surface area contributed by atoms with E-state index in [1.807, 2.05) is 0 Å². The minimum atomic E-state index is -2.48. The molecule has 47 valence electrons. The molecule has 0 N–H and O–H groups in total. The molecular weight excluding hydrogens is 124 g/mol. The fourth-order valence-electron chi connectivity index (χ4n) is 0.460. The van der Waals surface area contributed by atoms with Crippen molar-refractivity contribution in [3.05, 3.63) is 30.1 Å². The van der Waals surface area contributed by atoms with E-state index in [0.717, 1.165) is 0 Å². The van der Waals surface area contributed by atoms with Gasteiger partial charge in [-0.1, -0.05) is 6.07 Å². The van der Waals surface area contributed by atoms with Crippen molar-refractivity contribution in [2.24, 2.45) is 0 Å². The van der Waals surface area contributed by atoms with Crippen LogP contribution in [0.5, 0.6) is 0 Å². The van der Waals surface area contributed by atoms with Crippen molar-refractivity contribution in [3.8, 4) is 0 Å². The van der Waals surface area contributed by atoms with E-state index in [9.17, 15) is 8.78 Å². The molecule has 0 spiro atoms. The molecule has 1 rings (SSSR count). The lowest BCUT2D eigenvalue weighted by Crippen LogP contribution is -1.86. The fraction of sp³-hybridized carbons (Fsp3) is 0.167. The third-order valence-corrected chi connectivity index (χ3v) is 0.855. The monoisotopic (exact) mass is 128 g/mol. The van der Waals surface area contributed by atoms with E-state index in [4.69, 9.17) is 0 Å². The van der Waals surface area contributed by atoms with Crippen LogP contribution in [0.4, 0.5) is 8.78 Å². The van der Waals surface area contributed by atoms with Gasteiger partial charge in [0.25, 0.3) is 6.43 Å². The van der Waals surface area contributed by atoms with E-state index in [1.165, 1.54) is 18.2 Å². The number of pyridine rings is 1. The van der Waals surface area contributed by atoms with Gasteiger partial charge in [0, 0.05) is 0 Å². The summed E-state index contributed by atoms with van der Waals surface area (Å²) in [6, 6.07) is 4.22. The molecule has 0 unspecified atom stereocenters. The molecule has 0 bridgehead atoms. The Hall–Kier alpha value is -0.990. The highest BCUT2D eigenvalue weighted by molar-refractivity contribution is 5.03. The first-order valence-corrected chi connectivity index (χ1v) is 2.42. The molecule has 0 saturated heterocycles. The van der Waals surface area contributed by atoms with E-state index >= 15 is 0 Å². The third kappa shape index (κ3) is 1.45. The lowest BCUT2D eigenvalue weighted by atomic mass is 10.4. The second-order valence-corrected chi connectivity index (χ2v) is 1.49. The zero-order valence-electron chi connectivity index (χ0n) is 4.51. The second kappa shape index (κ2) is 2.53. The van der Waals surface area contributed by atoms with Crippen LogP contribution in [-0.4, -0.2) is 4.98 Å². The van der Waals surface area contributed by atoms with E-state index < -0.39 is 6.43 Å². The van der Waals surface area contributed by atoms with Gasteiger partial charge in [0.05, 0.1) is 6.20 Å². The van der Waals surface area contributed by atoms with Gasteiger partial charge in [-0.25, -0.2) is 13.8 Å². The maximum absolute atomic E-state index is 11.7. The Labute approximate surface area is 51.3 Å². The Bertz CT molecular complexity index is 174. The standard InChI is InChI=1S/C6H4F2N/c7-6(8)5-3-1-2-4-9-5/h1-3,6H. The summed E-state index contributed by atoms with van der Waals surface area (Å²) < 4.78 is 23.4. The number of rotatable bonds is 1. The molecule has 1 heterocycles. The Morgan fingerprint density at radius 3 is 2.67 bits per heavy atom. The molecule has 0 saturated carbocycles. The molecule has 0 aliphatic heterocycles. The SMILES string of the molecule is FC(F)c1ccc[c]n1. The van der Waals surface area contributed by atoms with Crippen molar-refractivity contribution in [1.29, 1.82) is 0 Å². The minimum absolute atomic E-state index is 0.225. The molecule has 1 radical (unpaired) electrons. The van der Waals surface area contributed by atoms with Crippen molar-refractivity contribution >= 4 is 0 Å². The van der Waals surface area contributed by atoms with Crippen LogP contribution in [0, 0.1) is 6.20 Å². The molecule has 0 amide bonds. The Morgan fingerprint density at radius 2 is 2.33 bits per heavy atom. The average Bonchev–Trinajstić information content (AvgIpc) is 1.90. The molecule has 3 heteroatoms. The number of halogens is 2. The molecule has 0 aliphatic rings. The van der Waals surface area contributed by atoms with Gasteiger partial charge in [-0.05, 0) is 12.1 Å². The van der Waals surface area contributed by atoms with Gasteiger partial charge in [0.15, 0.2) is 0 Å². The van der Waals surface area contributed by atoms with E-state index in [-0.39, 0.29) is 5.69 Å². The fourth-order valence-corrected chi connectivity index (χ4v) is 0.460. The average molecular weight is 128 g/mol. The summed E-state index contributed by atoms with van der Waals surface area (Å²) in [6.07, 6.45) is -0.172. The van der Waals surface area contributed by atoms with Gasteiger partial charge in [-0.3, -0.25) is 0 Å². The topological polar surface area (TPSA) is 12.9 Å². The molecule has 0 aliphatic carbocycles. The largest absolute Gasteiger partial charge is 0.280 e. The predicted octanol–water partition coefficient (Wildman–Crippen LogP) is 1.82. The van der Waals surface area contributed by atoms with Crippen LogP contribution < -0.4 is 0 Å². The van der Waals surface area contributed by atoms with Crippen molar-refractivity contribution < 1.29 is 8.78 Å². The van der Waals surface area contributed by atoms with Crippen LogP contribution in [0.3, 0.4) is 0 Å². The molecule has 0 atom stereocenters. The van der Waals surface area contributed by atoms with Gasteiger partial charge in [-0.15, -0.1) is 0 Å². The van der Waals surface area contributed by atoms with Crippen LogP contribution >= 0.6 is 0 Å². The number of nitrogens with zero attached hydrogens (tertiary/aromatic N) is 1. The van der Waals surface area contributed by atoms with Crippen molar-refractivity contribution in [2.75, 3.05) is 0 Å². The molecule has 1 aromatic heterocycles. The maximum atomic E-state index is 11.7. The van der Waals surface area contributed by atoms with E-state index in [0.29, 0.717) is 0 Å². The Kier molecular flexibility index (Phi) is 1.72. The number of alkyl halides is 2. The third-order valence-electron chi connectivity index (χ3n) is 0.855. The lowest BCUT2D eigenvalue weighted by molar-refractivity contribution is 0.146. The first-order valence-electron chi connectivity index (χ1n) is 2.42. The highest BCUT2D eigenvalue weighted by atomic mass is 19.3. The van der Waals surface area contributed by atoms with Crippen molar-refractivity contribution in [2.45, 2.75) is 6.43 Å². The first kappa shape index (κ1) is 6.13. The van der Waals surface area contributed by atoms with Gasteiger partial charge in [0.2, 0.25) is 0 Å². The molecule has 0 fully saturated rings. The summed E-state index contributed by atoms with van der Waals surface area (Å²) in [5, 5.41) is 0. The second-order valence-electron chi connectivity index (χ2n) is 1.49. The van der Waals surface area contributed by atoms with E-state index in [1.54, 1.807) is 0 Å². The Morgan fingerprint density at radius 1 is 1.56 bits per heavy atom. The van der Waals surface area contributed by atoms with E-state index in [2.05, 4.69) is 11.2 Å². The Balaban J connectivity index is 2.85. The predicted molar refractivity (Wildman–Crippen MR) is 28.0 cm³/mol. The first-order chi connectivity index (χ1) is 4.30. The number of hydrogen-bond acceptors (Lipinski definition) is 1. The zero-order valence-corrected chi connectivity index (χ0v) is 4.51. The van der Waals surface area contributed by atoms with Crippen molar-refractivity contribution in [3.63, 3.8) is 0 Å². The number of hydrogen-bond donors (Lipinski definition) is 0. The minimum Gasteiger partial charge on any atom is -0.245 e. The smallest absolute Gasteiger partial charge is 0.245 e. The molecular formula is C6H4F2N. The summed E-state index contributed by atoms with van der Waals surface area (Å²) in [5.74, 6) is 0. The van der Waals surface area contributed by atoms with Gasteiger partial charge in [0.1, 0.15) is 5.69 Å². The van der Waals surface area contributed by atoms with Crippen LogP contribution in [0.15, 0.2) is 18.2 Å². The highest BCUT2D eigenvalue weighted by Gasteiger charge is 2.05.